The standard InChI is InChI=1S/C21H26FN3OS/c1-12-16-6-17(20(26)24-27-2)18(22)7-19(16)25(23-12)11-21-8-13-3-14(9-21)5-15(4-13)10-21/h6-7,13-15H,3-5,8-11H2,1-2H3,(H,24,26). The first-order chi connectivity index (χ1) is 13.0. The Kier molecular flexibility index (Phi) is 4.04. The number of hydrogen-bond donors (Lipinski definition) is 1. The van der Waals surface area contributed by atoms with E-state index in [2.05, 4.69) is 4.72 Å². The van der Waals surface area contributed by atoms with Crippen LogP contribution >= 0.6 is 11.9 Å². The third kappa shape index (κ3) is 2.87. The van der Waals surface area contributed by atoms with E-state index in [1.54, 1.807) is 12.3 Å². The van der Waals surface area contributed by atoms with Gasteiger partial charge in [0.05, 0.1) is 16.8 Å². The van der Waals surface area contributed by atoms with Gasteiger partial charge in [-0.3, -0.25) is 14.2 Å². The second-order valence-electron chi connectivity index (χ2n) is 9.15. The number of amides is 1. The Morgan fingerprint density at radius 2 is 1.89 bits per heavy atom. The van der Waals surface area contributed by atoms with Crippen molar-refractivity contribution in [1.82, 2.24) is 14.5 Å². The Bertz CT molecular complexity index is 886. The lowest BCUT2D eigenvalue weighted by Gasteiger charge is -2.56. The second kappa shape index (κ2) is 6.23. The monoisotopic (exact) mass is 387 g/mol. The Balaban J connectivity index is 1.51. The summed E-state index contributed by atoms with van der Waals surface area (Å²) in [6.45, 7) is 2.84. The van der Waals surface area contributed by atoms with Gasteiger partial charge in [0.15, 0.2) is 0 Å². The van der Waals surface area contributed by atoms with E-state index < -0.39 is 11.7 Å². The van der Waals surface area contributed by atoms with Gasteiger partial charge >= 0.3 is 0 Å². The molecule has 144 valence electrons. The molecule has 1 N–H and O–H groups in total. The molecule has 1 aromatic heterocycles. The van der Waals surface area contributed by atoms with Gasteiger partial charge in [0.2, 0.25) is 0 Å². The first kappa shape index (κ1) is 17.5. The zero-order valence-corrected chi connectivity index (χ0v) is 16.7. The molecular formula is C21H26FN3OS. The average molecular weight is 388 g/mol. The Morgan fingerprint density at radius 1 is 1.26 bits per heavy atom. The number of carbonyl (C=O) groups is 1. The topological polar surface area (TPSA) is 46.9 Å². The van der Waals surface area contributed by atoms with E-state index in [4.69, 9.17) is 5.10 Å². The predicted octanol–water partition coefficient (Wildman–Crippen LogP) is 4.71. The van der Waals surface area contributed by atoms with Gasteiger partial charge in [-0.05, 0) is 74.7 Å². The molecule has 6 rings (SSSR count). The third-order valence-corrected chi connectivity index (χ3v) is 7.50. The molecule has 0 spiro atoms. The van der Waals surface area contributed by atoms with Crippen molar-refractivity contribution in [1.29, 1.82) is 0 Å². The predicted molar refractivity (Wildman–Crippen MR) is 106 cm³/mol. The smallest absolute Gasteiger partial charge is 0.264 e. The maximum atomic E-state index is 14.7. The number of aromatic nitrogens is 2. The summed E-state index contributed by atoms with van der Waals surface area (Å²) >= 11 is 1.18. The molecule has 4 fully saturated rings. The summed E-state index contributed by atoms with van der Waals surface area (Å²) in [5, 5.41) is 5.65. The molecule has 4 bridgehead atoms. The zero-order chi connectivity index (χ0) is 18.8. The van der Waals surface area contributed by atoms with Crippen LogP contribution in [0.15, 0.2) is 12.1 Å². The van der Waals surface area contributed by atoms with Crippen molar-refractivity contribution in [3.8, 4) is 0 Å². The summed E-state index contributed by atoms with van der Waals surface area (Å²) in [4.78, 5) is 12.1. The molecule has 0 saturated heterocycles. The molecule has 4 aliphatic rings. The highest BCUT2D eigenvalue weighted by Crippen LogP contribution is 2.60. The SMILES string of the molecule is CSNC(=O)c1cc2c(C)nn(CC34CC5CC(CC(C5)C3)C4)c2cc1F. The summed E-state index contributed by atoms with van der Waals surface area (Å²) in [7, 11) is 0. The minimum absolute atomic E-state index is 0.0919. The van der Waals surface area contributed by atoms with Gasteiger partial charge in [0, 0.05) is 24.3 Å². The number of benzene rings is 1. The highest BCUT2D eigenvalue weighted by atomic mass is 32.2. The molecule has 1 amide bonds. The van der Waals surface area contributed by atoms with Crippen LogP contribution in [0, 0.1) is 35.9 Å². The highest BCUT2D eigenvalue weighted by molar-refractivity contribution is 7.97. The number of aryl methyl sites for hydroxylation is 1. The molecule has 0 aliphatic heterocycles. The van der Waals surface area contributed by atoms with Crippen LogP contribution in [0.2, 0.25) is 0 Å². The minimum atomic E-state index is -0.472. The lowest BCUT2D eigenvalue weighted by molar-refractivity contribution is -0.0629. The van der Waals surface area contributed by atoms with Crippen molar-refractivity contribution in [3.05, 3.63) is 29.2 Å². The molecule has 27 heavy (non-hydrogen) atoms. The Hall–Kier alpha value is -1.56. The van der Waals surface area contributed by atoms with Gasteiger partial charge < -0.3 is 0 Å². The van der Waals surface area contributed by atoms with E-state index in [-0.39, 0.29) is 5.56 Å². The van der Waals surface area contributed by atoms with E-state index >= 15 is 0 Å². The molecule has 0 unspecified atom stereocenters. The van der Waals surface area contributed by atoms with Crippen LogP contribution in [-0.4, -0.2) is 21.9 Å². The van der Waals surface area contributed by atoms with Gasteiger partial charge in [0.25, 0.3) is 5.91 Å². The van der Waals surface area contributed by atoms with Crippen molar-refractivity contribution in [2.45, 2.75) is 52.0 Å². The zero-order valence-electron chi connectivity index (χ0n) is 15.9. The lowest BCUT2D eigenvalue weighted by atomic mass is 9.49. The highest BCUT2D eigenvalue weighted by Gasteiger charge is 2.51. The van der Waals surface area contributed by atoms with Gasteiger partial charge in [-0.2, -0.15) is 5.10 Å². The van der Waals surface area contributed by atoms with E-state index in [0.717, 1.165) is 40.9 Å². The van der Waals surface area contributed by atoms with E-state index in [9.17, 15) is 9.18 Å². The van der Waals surface area contributed by atoms with E-state index in [1.807, 2.05) is 11.6 Å². The first-order valence-electron chi connectivity index (χ1n) is 9.96. The number of halogens is 1. The van der Waals surface area contributed by atoms with Gasteiger partial charge in [-0.25, -0.2) is 4.39 Å². The summed E-state index contributed by atoms with van der Waals surface area (Å²) in [6.07, 6.45) is 9.91. The molecular weight excluding hydrogens is 361 g/mol. The molecule has 0 radical (unpaired) electrons. The molecule has 4 nitrogen and oxygen atoms in total. The normalized spacial score (nSPS) is 31.6. The number of rotatable bonds is 4. The van der Waals surface area contributed by atoms with Crippen molar-refractivity contribution in [2.75, 3.05) is 6.26 Å². The molecule has 4 saturated carbocycles. The average Bonchev–Trinajstić information content (AvgIpc) is 2.87. The van der Waals surface area contributed by atoms with Crippen molar-refractivity contribution < 1.29 is 9.18 Å². The van der Waals surface area contributed by atoms with Gasteiger partial charge in [-0.15, -0.1) is 0 Å². The van der Waals surface area contributed by atoms with Crippen LogP contribution in [0.3, 0.4) is 0 Å². The van der Waals surface area contributed by atoms with Crippen LogP contribution in [0.25, 0.3) is 10.9 Å². The fraction of sp³-hybridized carbons (Fsp3) is 0.619. The van der Waals surface area contributed by atoms with E-state index in [0.29, 0.717) is 5.41 Å². The number of nitrogens with one attached hydrogen (secondary N) is 1. The van der Waals surface area contributed by atoms with Crippen molar-refractivity contribution >= 4 is 28.8 Å². The molecule has 1 heterocycles. The van der Waals surface area contributed by atoms with Crippen molar-refractivity contribution in [3.63, 3.8) is 0 Å². The largest absolute Gasteiger partial charge is 0.296 e. The number of carbonyl (C=O) groups excluding carboxylic acids is 1. The van der Waals surface area contributed by atoms with Gasteiger partial charge in [0.1, 0.15) is 5.82 Å². The Morgan fingerprint density at radius 3 is 2.48 bits per heavy atom. The molecule has 2 aromatic rings. The van der Waals surface area contributed by atoms with Crippen LogP contribution in [0.1, 0.15) is 54.6 Å². The van der Waals surface area contributed by atoms with Crippen molar-refractivity contribution in [2.24, 2.45) is 23.2 Å². The van der Waals surface area contributed by atoms with Crippen LogP contribution in [0.5, 0.6) is 0 Å². The maximum absolute atomic E-state index is 14.7. The molecule has 0 atom stereocenters. The fourth-order valence-corrected chi connectivity index (χ4v) is 6.89. The number of hydrogen-bond acceptors (Lipinski definition) is 3. The maximum Gasteiger partial charge on any atom is 0.264 e. The number of fused-ring (bicyclic) bond motifs is 1. The lowest BCUT2D eigenvalue weighted by Crippen LogP contribution is -2.48. The summed E-state index contributed by atoms with van der Waals surface area (Å²) in [5.41, 5.74) is 2.12. The fourth-order valence-electron chi connectivity index (χ4n) is 6.60. The summed E-state index contributed by atoms with van der Waals surface area (Å²) < 4.78 is 19.3. The van der Waals surface area contributed by atoms with Crippen LogP contribution < -0.4 is 4.72 Å². The molecule has 1 aromatic carbocycles. The Labute approximate surface area is 163 Å². The van der Waals surface area contributed by atoms with Crippen LogP contribution in [-0.2, 0) is 6.54 Å². The third-order valence-electron chi connectivity index (χ3n) is 7.11. The molecule has 6 heteroatoms. The van der Waals surface area contributed by atoms with Gasteiger partial charge in [-0.1, -0.05) is 11.9 Å². The molecule has 4 aliphatic carbocycles. The summed E-state index contributed by atoms with van der Waals surface area (Å²) in [5.74, 6) is 1.80. The summed E-state index contributed by atoms with van der Waals surface area (Å²) in [6, 6.07) is 3.17. The quantitative estimate of drug-likeness (QED) is 0.773. The minimum Gasteiger partial charge on any atom is -0.296 e. The van der Waals surface area contributed by atoms with E-state index in [1.165, 1.54) is 56.5 Å². The van der Waals surface area contributed by atoms with Crippen LogP contribution in [0.4, 0.5) is 4.39 Å². The first-order valence-corrected chi connectivity index (χ1v) is 11.2. The number of nitrogens with zero attached hydrogens (tertiary/aromatic N) is 2. The second-order valence-corrected chi connectivity index (χ2v) is 9.76.